The molecule has 1 saturated heterocycles. The second-order valence-corrected chi connectivity index (χ2v) is 11.8. The second-order valence-electron chi connectivity index (χ2n) is 9.88. The Morgan fingerprint density at radius 1 is 1.00 bits per heavy atom. The van der Waals surface area contributed by atoms with E-state index in [0.29, 0.717) is 43.9 Å². The van der Waals surface area contributed by atoms with Crippen LogP contribution in [0.5, 0.6) is 5.75 Å². The molecule has 0 spiro atoms. The van der Waals surface area contributed by atoms with Gasteiger partial charge in [-0.3, -0.25) is 9.59 Å². The number of benzene rings is 3. The summed E-state index contributed by atoms with van der Waals surface area (Å²) < 4.78 is 57.0. The van der Waals surface area contributed by atoms with Crippen LogP contribution >= 0.6 is 0 Å². The number of carbonyl (C=O) groups is 2. The van der Waals surface area contributed by atoms with Crippen LogP contribution in [-0.4, -0.2) is 82.6 Å². The number of sulfonamides is 1. The van der Waals surface area contributed by atoms with Gasteiger partial charge in [-0.25, -0.2) is 12.8 Å². The molecule has 4 rings (SSSR count). The number of halogens is 1. The van der Waals surface area contributed by atoms with Crippen LogP contribution in [0.3, 0.4) is 0 Å². The van der Waals surface area contributed by atoms with Gasteiger partial charge in [0, 0.05) is 39.9 Å². The molecular weight excluding hydrogens is 577 g/mol. The van der Waals surface area contributed by atoms with Crippen molar-refractivity contribution in [2.24, 2.45) is 0 Å². The van der Waals surface area contributed by atoms with E-state index in [-0.39, 0.29) is 36.2 Å². The molecule has 10 nitrogen and oxygen atoms in total. The maximum absolute atomic E-state index is 13.7. The van der Waals surface area contributed by atoms with E-state index in [9.17, 15) is 22.4 Å². The van der Waals surface area contributed by atoms with Crippen LogP contribution in [0.15, 0.2) is 83.8 Å². The van der Waals surface area contributed by atoms with Crippen molar-refractivity contribution in [1.29, 1.82) is 0 Å². The van der Waals surface area contributed by atoms with E-state index < -0.39 is 34.4 Å². The second kappa shape index (κ2) is 15.6. The van der Waals surface area contributed by atoms with Gasteiger partial charge in [0.05, 0.1) is 18.1 Å². The smallest absolute Gasteiger partial charge is 0.261 e. The molecular formula is C31H36FN3O7S. The van der Waals surface area contributed by atoms with Crippen LogP contribution in [-0.2, 0) is 35.6 Å². The first-order valence-corrected chi connectivity index (χ1v) is 15.4. The summed E-state index contributed by atoms with van der Waals surface area (Å²) in [4.78, 5) is 28.8. The van der Waals surface area contributed by atoms with Gasteiger partial charge in [-0.15, -0.1) is 0 Å². The number of amides is 2. The summed E-state index contributed by atoms with van der Waals surface area (Å²) in [5.41, 5.74) is 1.22. The lowest BCUT2D eigenvalue weighted by molar-refractivity contribution is -0.143. The van der Waals surface area contributed by atoms with Crippen LogP contribution in [0.4, 0.5) is 4.39 Å². The van der Waals surface area contributed by atoms with Crippen molar-refractivity contribution in [3.05, 3.63) is 95.8 Å². The topological polar surface area (TPSA) is 114 Å². The molecule has 3 aromatic carbocycles. The minimum absolute atomic E-state index is 0.0181. The fraction of sp³-hybridized carbons (Fsp3) is 0.355. The number of nitrogens with one attached hydrogen (secondary N) is 1. The first-order chi connectivity index (χ1) is 20.8. The quantitative estimate of drug-likeness (QED) is 0.278. The standard InChI is InChI=1S/C31H36FN3O7S/c1-40-19-5-16-33-31(37)30(25-6-3-2-4-7-25)35(22-24-8-10-26(32)11-9-24)29(36)23-42-27-12-14-28(15-13-27)43(38,39)34-17-20-41-21-18-34/h2-4,6-15,30H,5,16-23H2,1H3,(H,33,37)/t30-/m0/s1. The fourth-order valence-electron chi connectivity index (χ4n) is 4.61. The van der Waals surface area contributed by atoms with Gasteiger partial charge in [-0.2, -0.15) is 4.31 Å². The number of carbonyl (C=O) groups excluding carboxylic acids is 2. The van der Waals surface area contributed by atoms with E-state index in [0.717, 1.165) is 0 Å². The molecule has 1 aliphatic rings. The van der Waals surface area contributed by atoms with Gasteiger partial charge in [-0.1, -0.05) is 42.5 Å². The van der Waals surface area contributed by atoms with Crippen molar-refractivity contribution < 1.29 is 36.6 Å². The van der Waals surface area contributed by atoms with Crippen molar-refractivity contribution in [2.45, 2.75) is 23.9 Å². The third kappa shape index (κ3) is 8.83. The van der Waals surface area contributed by atoms with E-state index in [1.54, 1.807) is 43.5 Å². The number of hydrogen-bond donors (Lipinski definition) is 1. The third-order valence-electron chi connectivity index (χ3n) is 6.88. The average molecular weight is 614 g/mol. The zero-order valence-electron chi connectivity index (χ0n) is 24.0. The predicted octanol–water partition coefficient (Wildman–Crippen LogP) is 3.15. The highest BCUT2D eigenvalue weighted by Crippen LogP contribution is 2.25. The van der Waals surface area contributed by atoms with Crippen LogP contribution in [0.2, 0.25) is 0 Å². The Balaban J connectivity index is 1.54. The Morgan fingerprint density at radius 2 is 1.67 bits per heavy atom. The van der Waals surface area contributed by atoms with Gasteiger partial charge < -0.3 is 24.4 Å². The Hall–Kier alpha value is -3.84. The number of rotatable bonds is 14. The highest BCUT2D eigenvalue weighted by Gasteiger charge is 2.32. The number of nitrogens with zero attached hydrogens (tertiary/aromatic N) is 2. The van der Waals surface area contributed by atoms with Gasteiger partial charge in [0.1, 0.15) is 17.6 Å². The minimum Gasteiger partial charge on any atom is -0.484 e. The van der Waals surface area contributed by atoms with E-state index in [2.05, 4.69) is 5.32 Å². The first-order valence-electron chi connectivity index (χ1n) is 14.0. The Kier molecular flexibility index (Phi) is 11.6. The van der Waals surface area contributed by atoms with Gasteiger partial charge in [0.15, 0.2) is 6.61 Å². The lowest BCUT2D eigenvalue weighted by Crippen LogP contribution is -2.45. The molecule has 1 atom stereocenters. The van der Waals surface area contributed by atoms with Gasteiger partial charge in [0.2, 0.25) is 15.9 Å². The molecule has 1 N–H and O–H groups in total. The molecule has 0 aromatic heterocycles. The number of methoxy groups -OCH3 is 1. The predicted molar refractivity (Wildman–Crippen MR) is 157 cm³/mol. The van der Waals surface area contributed by atoms with Crippen molar-refractivity contribution in [1.82, 2.24) is 14.5 Å². The molecule has 0 unspecified atom stereocenters. The van der Waals surface area contributed by atoms with Crippen molar-refractivity contribution in [3.63, 3.8) is 0 Å². The lowest BCUT2D eigenvalue weighted by Gasteiger charge is -2.31. The molecule has 2 amide bonds. The summed E-state index contributed by atoms with van der Waals surface area (Å²) in [5, 5.41) is 2.89. The van der Waals surface area contributed by atoms with Crippen LogP contribution in [0, 0.1) is 5.82 Å². The summed E-state index contributed by atoms with van der Waals surface area (Å²) in [6, 6.07) is 19.5. The zero-order chi connectivity index (χ0) is 30.7. The maximum atomic E-state index is 13.7. The van der Waals surface area contributed by atoms with E-state index in [1.165, 1.54) is 45.6 Å². The van der Waals surface area contributed by atoms with E-state index in [4.69, 9.17) is 14.2 Å². The maximum Gasteiger partial charge on any atom is 0.261 e. The van der Waals surface area contributed by atoms with Gasteiger partial charge in [0.25, 0.3) is 5.91 Å². The van der Waals surface area contributed by atoms with Gasteiger partial charge >= 0.3 is 0 Å². The van der Waals surface area contributed by atoms with E-state index >= 15 is 0 Å². The largest absolute Gasteiger partial charge is 0.484 e. The summed E-state index contributed by atoms with van der Waals surface area (Å²) >= 11 is 0. The van der Waals surface area contributed by atoms with Crippen LogP contribution in [0.1, 0.15) is 23.6 Å². The van der Waals surface area contributed by atoms with Crippen molar-refractivity contribution >= 4 is 21.8 Å². The molecule has 1 aliphatic heterocycles. The lowest BCUT2D eigenvalue weighted by atomic mass is 10.0. The summed E-state index contributed by atoms with van der Waals surface area (Å²) in [5.74, 6) is -0.999. The highest BCUT2D eigenvalue weighted by atomic mass is 32.2. The van der Waals surface area contributed by atoms with E-state index in [1.807, 2.05) is 6.07 Å². The third-order valence-corrected chi connectivity index (χ3v) is 8.79. The van der Waals surface area contributed by atoms with Gasteiger partial charge in [-0.05, 0) is 53.9 Å². The van der Waals surface area contributed by atoms with Crippen molar-refractivity contribution in [3.8, 4) is 5.75 Å². The zero-order valence-corrected chi connectivity index (χ0v) is 24.8. The van der Waals surface area contributed by atoms with Crippen LogP contribution in [0.25, 0.3) is 0 Å². The molecule has 1 fully saturated rings. The minimum atomic E-state index is -3.68. The summed E-state index contributed by atoms with van der Waals surface area (Å²) in [7, 11) is -2.10. The Bertz CT molecular complexity index is 1430. The number of morpholine rings is 1. The highest BCUT2D eigenvalue weighted by molar-refractivity contribution is 7.89. The molecule has 12 heteroatoms. The number of ether oxygens (including phenoxy) is 3. The molecule has 0 saturated carbocycles. The van der Waals surface area contributed by atoms with Crippen LogP contribution < -0.4 is 10.1 Å². The molecule has 230 valence electrons. The van der Waals surface area contributed by atoms with Crippen molar-refractivity contribution in [2.75, 3.05) is 53.2 Å². The summed E-state index contributed by atoms with van der Waals surface area (Å²) in [6.45, 7) is 1.65. The average Bonchev–Trinajstić information content (AvgIpc) is 3.03. The fourth-order valence-corrected chi connectivity index (χ4v) is 6.02. The Morgan fingerprint density at radius 3 is 2.33 bits per heavy atom. The molecule has 1 heterocycles. The normalized spacial score (nSPS) is 14.6. The monoisotopic (exact) mass is 613 g/mol. The Labute approximate surface area is 251 Å². The molecule has 0 aliphatic carbocycles. The molecule has 0 radical (unpaired) electrons. The molecule has 0 bridgehead atoms. The molecule has 3 aromatic rings. The first kappa shape index (κ1) is 32.1. The summed E-state index contributed by atoms with van der Waals surface area (Å²) in [6.07, 6.45) is 0.593. The molecule has 43 heavy (non-hydrogen) atoms. The number of hydrogen-bond acceptors (Lipinski definition) is 7. The SMILES string of the molecule is COCCCNC(=O)[C@H](c1ccccc1)N(Cc1ccc(F)cc1)C(=O)COc1ccc(S(=O)(=O)N2CCOCC2)cc1.